The first-order chi connectivity index (χ1) is 74.3. The van der Waals surface area contributed by atoms with Gasteiger partial charge in [0, 0.05) is 66.8 Å². The number of hydrogen-bond donors (Lipinski definition) is 0. The van der Waals surface area contributed by atoms with E-state index in [0.717, 1.165) is 66.8 Å². The molecule has 0 atom stereocenters. The molecular formula is C126H84N24. The maximum absolute atomic E-state index is 5.64. The second-order valence-electron chi connectivity index (χ2n) is 35.2. The highest BCUT2D eigenvalue weighted by atomic mass is 15.3. The molecule has 7 aromatic heterocycles. The Bertz CT molecular complexity index is 7740. The van der Waals surface area contributed by atoms with Crippen LogP contribution in [0.1, 0.15) is 0 Å². The van der Waals surface area contributed by atoms with Crippen molar-refractivity contribution in [2.45, 2.75) is 0 Å². The van der Waals surface area contributed by atoms with Crippen molar-refractivity contribution < 1.29 is 0 Å². The lowest BCUT2D eigenvalue weighted by Crippen LogP contribution is -2.10. The van der Waals surface area contributed by atoms with Crippen LogP contribution in [0.4, 0.5) is 0 Å². The number of hydrogen-bond acceptors (Lipinski definition) is 18. The Labute approximate surface area is 859 Å². The Morgan fingerprint density at radius 3 is 0.260 bits per heavy atom. The summed E-state index contributed by atoms with van der Waals surface area (Å²) in [6, 6.07) is 169. The van der Waals surface area contributed by atoms with Crippen LogP contribution in [-0.2, 0) is 0 Å². The summed E-state index contributed by atoms with van der Waals surface area (Å²) in [7, 11) is 0. The van der Waals surface area contributed by atoms with Gasteiger partial charge in [-0.05, 0) is 109 Å². The van der Waals surface area contributed by atoms with E-state index in [0.29, 0.717) is 136 Å². The molecule has 0 saturated carbocycles. The SMILES string of the molecule is c1ccc(-c2nc(-c3ccccc3)nc(-n3c4cccc(c4)n(-c4nc(-c5ccccc5)nc(-c5ccccc5)n4)c4cccc(c4)n(-c4nc(-c5ccccc5)nc(-c5ccccc5)n4)c4cccc(c4)n(-c4nc(-c5ccccc5)nc(-c5ccccc5)n4)c4cccc(c4)n(-c4nc(-c5ccccc5)nc(-c5ccccc5)n4)c4cccc(c4)n(-c4nc(-c5ccccc5)nc(-c5ccccc5)n4)c4cccc3c4)n2)cc1. The molecule has 0 aliphatic heterocycles. The fourth-order valence-corrected chi connectivity index (χ4v) is 18.3. The quantitative estimate of drug-likeness (QED) is 0.0773. The van der Waals surface area contributed by atoms with Crippen molar-refractivity contribution >= 4 is 66.2 Å². The second kappa shape index (κ2) is 40.7. The third-order valence-corrected chi connectivity index (χ3v) is 25.4. The summed E-state index contributed by atoms with van der Waals surface area (Å²) in [4.78, 5) is 99.7. The van der Waals surface area contributed by atoms with Gasteiger partial charge in [0.1, 0.15) is 0 Å². The molecule has 0 spiro atoms. The Hall–Kier alpha value is -21.2. The molecule has 150 heavy (non-hydrogen) atoms. The van der Waals surface area contributed by atoms with Crippen LogP contribution >= 0.6 is 0 Å². The van der Waals surface area contributed by atoms with Crippen LogP contribution < -0.4 is 0 Å². The van der Waals surface area contributed by atoms with Crippen LogP contribution in [0, 0.1) is 0 Å². The molecule has 12 bridgehead atoms. The first-order valence-corrected chi connectivity index (χ1v) is 48.9. The average molecular weight is 1930 g/mol. The molecule has 0 unspecified atom stereocenters. The molecule has 24 heteroatoms. The predicted octanol–water partition coefficient (Wildman–Crippen LogP) is 27.5. The lowest BCUT2D eigenvalue weighted by molar-refractivity contribution is 0.936. The molecule has 0 aliphatic carbocycles. The normalized spacial score (nSPS) is 11.2. The van der Waals surface area contributed by atoms with Crippen molar-refractivity contribution in [2.24, 2.45) is 0 Å². The average Bonchev–Trinajstić information content (AvgIpc) is 0.800. The minimum atomic E-state index is 0.263. The third-order valence-electron chi connectivity index (χ3n) is 25.4. The van der Waals surface area contributed by atoms with Crippen molar-refractivity contribution in [2.75, 3.05) is 0 Å². The first-order valence-electron chi connectivity index (χ1n) is 48.9. The maximum atomic E-state index is 5.64. The van der Waals surface area contributed by atoms with Crippen molar-refractivity contribution in [3.8, 4) is 172 Å². The number of aromatic nitrogens is 24. The van der Waals surface area contributed by atoms with Crippen LogP contribution in [-0.4, -0.2) is 117 Å². The highest BCUT2D eigenvalue weighted by Gasteiger charge is 2.25. The summed E-state index contributed by atoms with van der Waals surface area (Å²) in [6.45, 7) is 0. The number of benzene rings is 18. The van der Waals surface area contributed by atoms with E-state index in [9.17, 15) is 0 Å². The van der Waals surface area contributed by atoms with Crippen LogP contribution in [0.3, 0.4) is 0 Å². The third kappa shape index (κ3) is 18.8. The maximum Gasteiger partial charge on any atom is 0.238 e. The van der Waals surface area contributed by atoms with Crippen molar-refractivity contribution in [1.82, 2.24) is 117 Å². The molecule has 0 amide bonds. The predicted molar refractivity (Wildman–Crippen MR) is 592 cm³/mol. The molecule has 24 nitrogen and oxygen atoms in total. The van der Waals surface area contributed by atoms with Crippen molar-refractivity contribution in [3.05, 3.63) is 510 Å². The molecule has 7 heterocycles. The Balaban J connectivity index is 0.915. The van der Waals surface area contributed by atoms with Crippen LogP contribution in [0.15, 0.2) is 510 Å². The van der Waals surface area contributed by atoms with E-state index in [1.807, 2.05) is 400 Å². The Kier molecular flexibility index (Phi) is 24.4. The Morgan fingerprint density at radius 1 is 0.0867 bits per heavy atom. The van der Waals surface area contributed by atoms with E-state index in [1.54, 1.807) is 0 Å². The smallest absolute Gasteiger partial charge is 0.238 e. The lowest BCUT2D eigenvalue weighted by Gasteiger charge is -2.17. The highest BCUT2D eigenvalue weighted by molar-refractivity contribution is 5.83. The zero-order valence-electron chi connectivity index (χ0n) is 80.2. The molecule has 0 radical (unpaired) electrons. The zero-order chi connectivity index (χ0) is 99.8. The van der Waals surface area contributed by atoms with Gasteiger partial charge in [-0.2, -0.15) is 59.8 Å². The van der Waals surface area contributed by atoms with Gasteiger partial charge >= 0.3 is 0 Å². The van der Waals surface area contributed by atoms with Crippen LogP contribution in [0.5, 0.6) is 0 Å². The van der Waals surface area contributed by atoms with E-state index in [2.05, 4.69) is 137 Å². The van der Waals surface area contributed by atoms with Gasteiger partial charge < -0.3 is 0 Å². The minimum Gasteiger partial charge on any atom is -0.279 e. The van der Waals surface area contributed by atoms with Gasteiger partial charge in [0.05, 0.1) is 66.2 Å². The van der Waals surface area contributed by atoms with Crippen molar-refractivity contribution in [3.63, 3.8) is 0 Å². The molecule has 0 saturated heterocycles. The molecule has 0 N–H and O–H groups in total. The van der Waals surface area contributed by atoms with Gasteiger partial charge in [-0.1, -0.05) is 400 Å². The molecule has 25 aromatic rings. The van der Waals surface area contributed by atoms with Gasteiger partial charge in [0.25, 0.3) is 0 Å². The standard InChI is InChI=1S/C126H84N24/c1-13-43-85(44-14-1)109-127-110(86-45-15-2-16-46-86)134-121(133-109)145-97-67-37-69-99(79-97)146(122-135-111(87-47-17-3-18-48-87)128-112(136-122)88-49-19-4-20-50-88)101-71-39-73-103(81-101)148(124-139-115(91-55-25-7-26-56-91)130-116(140-124)92-57-27-8-28-58-92)105-75-41-77-107(83-105)150(126-143-119(95-63-33-11-34-64-95)132-120(144-126)96-65-35-12-36-66-96)108-78-42-76-106(84-108)149(125-141-117(93-59-29-9-30-60-93)131-118(142-125)94-61-31-10-32-62-94)104-74-40-72-102(82-104)147(100-70-38-68-98(145)80-100)123-137-113(89-51-21-5-22-52-89)129-114(138-123)90-53-23-6-24-54-90/h1-84H. The number of fused-ring (bicyclic) bond motifs is 12. The zero-order valence-corrected chi connectivity index (χ0v) is 80.2. The van der Waals surface area contributed by atoms with Gasteiger partial charge in [-0.3, -0.25) is 27.4 Å². The fourth-order valence-electron chi connectivity index (χ4n) is 18.3. The molecule has 708 valence electrons. The molecule has 0 aliphatic rings. The first kappa shape index (κ1) is 90.1. The monoisotopic (exact) mass is 1930 g/mol. The van der Waals surface area contributed by atoms with Gasteiger partial charge in [0.2, 0.25) is 35.7 Å². The highest BCUT2D eigenvalue weighted by Crippen LogP contribution is 2.36. The molecule has 0 fully saturated rings. The molecule has 18 aromatic carbocycles. The van der Waals surface area contributed by atoms with E-state index < -0.39 is 0 Å². The fraction of sp³-hybridized carbons (Fsp3) is 0. The summed E-state index contributed by atoms with van der Waals surface area (Å²) in [5, 5.41) is 0. The van der Waals surface area contributed by atoms with E-state index in [-0.39, 0.29) is 35.7 Å². The van der Waals surface area contributed by atoms with Crippen LogP contribution in [0.2, 0.25) is 0 Å². The number of nitrogens with zero attached hydrogens (tertiary/aromatic N) is 24. The van der Waals surface area contributed by atoms with Gasteiger partial charge in [0.15, 0.2) is 69.9 Å². The van der Waals surface area contributed by atoms with E-state index in [1.165, 1.54) is 0 Å². The molecule has 25 rings (SSSR count). The second-order valence-corrected chi connectivity index (χ2v) is 35.2. The summed E-state index contributed by atoms with van der Waals surface area (Å²) < 4.78 is 12.4. The Morgan fingerprint density at radius 2 is 0.173 bits per heavy atom. The van der Waals surface area contributed by atoms with E-state index in [4.69, 9.17) is 89.7 Å². The van der Waals surface area contributed by atoms with Gasteiger partial charge in [-0.25, -0.2) is 29.9 Å². The summed E-state index contributed by atoms with van der Waals surface area (Å²) in [6.07, 6.45) is 0. The summed E-state index contributed by atoms with van der Waals surface area (Å²) in [5.41, 5.74) is 16.2. The minimum absolute atomic E-state index is 0.263. The largest absolute Gasteiger partial charge is 0.279 e. The lowest BCUT2D eigenvalue weighted by atomic mass is 10.2. The molecular weight excluding hydrogens is 1850 g/mol. The summed E-state index contributed by atoms with van der Waals surface area (Å²) >= 11 is 0. The van der Waals surface area contributed by atoms with Gasteiger partial charge in [-0.15, -0.1) is 0 Å². The topological polar surface area (TPSA) is 262 Å². The summed E-state index contributed by atoms with van der Waals surface area (Å²) in [5.74, 6) is 6.58. The van der Waals surface area contributed by atoms with Crippen LogP contribution in [0.25, 0.3) is 239 Å². The number of rotatable bonds is 18. The van der Waals surface area contributed by atoms with Crippen molar-refractivity contribution in [1.29, 1.82) is 0 Å². The van der Waals surface area contributed by atoms with E-state index >= 15 is 0 Å².